The van der Waals surface area contributed by atoms with E-state index < -0.39 is 42.9 Å². The number of H-pyrrole nitrogens is 1. The number of nitrogens with zero attached hydrogens (tertiary/aromatic N) is 5. The molecule has 20 heteroatoms. The van der Waals surface area contributed by atoms with Crippen LogP contribution in [-0.2, 0) is 14.8 Å². The highest BCUT2D eigenvalue weighted by Crippen LogP contribution is 2.50. The molecule has 3 atom stereocenters. The maximum absolute atomic E-state index is 15.2. The molecule has 1 spiro atoms. The van der Waals surface area contributed by atoms with Gasteiger partial charge in [-0.25, -0.2) is 17.5 Å². The maximum Gasteiger partial charge on any atom is 0.297 e. The van der Waals surface area contributed by atoms with Gasteiger partial charge in [-0.3, -0.25) is 24.7 Å². The molecule has 0 bridgehead atoms. The third kappa shape index (κ3) is 10.7. The van der Waals surface area contributed by atoms with Gasteiger partial charge in [-0.05, 0) is 105 Å². The minimum absolute atomic E-state index is 0.00213. The number of aromatic amines is 1. The van der Waals surface area contributed by atoms with Crippen molar-refractivity contribution in [1.29, 1.82) is 0 Å². The lowest BCUT2D eigenvalue weighted by Crippen LogP contribution is -2.63. The van der Waals surface area contributed by atoms with Crippen LogP contribution in [0, 0.1) is 27.3 Å². The molecule has 5 fully saturated rings. The molecule has 1 amide bonds. The van der Waals surface area contributed by atoms with E-state index in [-0.39, 0.29) is 76.0 Å². The fourth-order valence-electron chi connectivity index (χ4n) is 12.8. The Balaban J connectivity index is 0.848. The van der Waals surface area contributed by atoms with Crippen LogP contribution in [0.5, 0.6) is 23.1 Å². The summed E-state index contributed by atoms with van der Waals surface area (Å²) in [7, 11) is -4.78. The van der Waals surface area contributed by atoms with E-state index in [1.165, 1.54) is 54.8 Å². The Morgan fingerprint density at radius 1 is 1.00 bits per heavy atom. The van der Waals surface area contributed by atoms with Gasteiger partial charge in [-0.2, -0.15) is 4.98 Å². The topological polar surface area (TPSA) is 214 Å². The maximum atomic E-state index is 15.2. The first-order valence-electron chi connectivity index (χ1n) is 27.0. The van der Waals surface area contributed by atoms with Crippen molar-refractivity contribution in [3.8, 4) is 23.1 Å². The summed E-state index contributed by atoms with van der Waals surface area (Å²) in [5.74, 6) is -0.617. The molecule has 11 rings (SSSR count). The number of rotatable bonds is 15. The monoisotopic (exact) mass is 1060 g/mol. The number of hydrogen-bond donors (Lipinski definition) is 4. The second kappa shape index (κ2) is 21.1. The zero-order valence-electron chi connectivity index (χ0n) is 43.5. The van der Waals surface area contributed by atoms with Gasteiger partial charge >= 0.3 is 0 Å². The Bertz CT molecular complexity index is 3080. The van der Waals surface area contributed by atoms with Gasteiger partial charge in [-0.1, -0.05) is 44.5 Å². The molecule has 0 radical (unpaired) electrons. The van der Waals surface area contributed by atoms with Crippen LogP contribution in [0.3, 0.4) is 0 Å². The minimum Gasteiger partial charge on any atom is -0.489 e. The number of aromatic nitrogens is 2. The summed E-state index contributed by atoms with van der Waals surface area (Å²) >= 11 is 0. The first kappa shape index (κ1) is 52.0. The van der Waals surface area contributed by atoms with E-state index in [0.717, 1.165) is 63.9 Å². The lowest BCUT2D eigenvalue weighted by Gasteiger charge is -2.57. The molecule has 76 heavy (non-hydrogen) atoms. The van der Waals surface area contributed by atoms with Crippen LogP contribution in [-0.4, -0.2) is 134 Å². The molecule has 4 aliphatic heterocycles. The summed E-state index contributed by atoms with van der Waals surface area (Å²) in [5.41, 5.74) is 2.68. The number of sulfonamides is 1. The number of halogens is 1. The minimum atomic E-state index is -4.78. The van der Waals surface area contributed by atoms with Crippen molar-refractivity contribution in [3.63, 3.8) is 0 Å². The molecule has 5 aromatic rings. The molecule has 18 nitrogen and oxygen atoms in total. The van der Waals surface area contributed by atoms with Gasteiger partial charge < -0.3 is 39.3 Å². The fourth-order valence-corrected chi connectivity index (χ4v) is 13.8. The van der Waals surface area contributed by atoms with Gasteiger partial charge in [0.2, 0.25) is 0 Å². The van der Waals surface area contributed by atoms with Crippen molar-refractivity contribution >= 4 is 44.0 Å². The molecule has 3 aromatic carbocycles. The normalized spacial score (nSPS) is 24.9. The third-order valence-corrected chi connectivity index (χ3v) is 18.5. The first-order chi connectivity index (χ1) is 36.5. The van der Waals surface area contributed by atoms with Crippen LogP contribution in [0.2, 0.25) is 0 Å². The number of ether oxygens (including phenoxy) is 4. The van der Waals surface area contributed by atoms with Gasteiger partial charge in [0.25, 0.3) is 27.5 Å². The Kier molecular flexibility index (Phi) is 14.4. The van der Waals surface area contributed by atoms with E-state index in [0.29, 0.717) is 63.3 Å². The number of likely N-dealkylation sites (tertiary alicyclic amines) is 1. The Hall–Kier alpha value is -6.06. The van der Waals surface area contributed by atoms with Crippen LogP contribution in [0.4, 0.5) is 21.5 Å². The van der Waals surface area contributed by atoms with E-state index in [4.69, 9.17) is 18.9 Å². The lowest BCUT2D eigenvalue weighted by atomic mass is 9.70. The second-order valence-corrected chi connectivity index (χ2v) is 24.3. The predicted octanol–water partition coefficient (Wildman–Crippen LogP) is 8.71. The van der Waals surface area contributed by atoms with Gasteiger partial charge in [0.1, 0.15) is 30.4 Å². The largest absolute Gasteiger partial charge is 0.489 e. The fraction of sp³-hybridized carbons (Fsp3) is 0.536. The zero-order chi connectivity index (χ0) is 52.9. The molecule has 3 saturated heterocycles. The second-order valence-electron chi connectivity index (χ2n) is 22.6. The van der Waals surface area contributed by atoms with Crippen molar-refractivity contribution < 1.29 is 46.6 Å². The zero-order valence-corrected chi connectivity index (χ0v) is 44.3. The van der Waals surface area contributed by atoms with Crippen LogP contribution in [0.25, 0.3) is 11.0 Å². The van der Waals surface area contributed by atoms with Crippen molar-refractivity contribution in [2.45, 2.75) is 113 Å². The summed E-state index contributed by atoms with van der Waals surface area (Å²) < 4.78 is 70.1. The number of nitro groups is 1. The van der Waals surface area contributed by atoms with Crippen molar-refractivity contribution in [2.24, 2.45) is 11.3 Å². The molecule has 2 aliphatic carbocycles. The molecular formula is C56H69FN8O10S. The predicted molar refractivity (Wildman–Crippen MR) is 285 cm³/mol. The van der Waals surface area contributed by atoms with Gasteiger partial charge in [0.05, 0.1) is 45.6 Å². The average molecular weight is 1070 g/mol. The molecule has 0 unspecified atom stereocenters. The number of nitrogens with one attached hydrogen (secondary N) is 3. The summed E-state index contributed by atoms with van der Waals surface area (Å²) in [6, 6.07) is 17.6. The van der Waals surface area contributed by atoms with Crippen molar-refractivity contribution in [1.82, 2.24) is 24.5 Å². The van der Waals surface area contributed by atoms with Crippen LogP contribution in [0.15, 0.2) is 71.8 Å². The summed E-state index contributed by atoms with van der Waals surface area (Å²) in [5, 5.41) is 26.4. The van der Waals surface area contributed by atoms with Crippen molar-refractivity contribution in [3.05, 3.63) is 99.5 Å². The summed E-state index contributed by atoms with van der Waals surface area (Å²) in [6.07, 6.45) is 9.28. The Labute approximate surface area is 442 Å². The number of anilines is 2. The molecule has 2 aromatic heterocycles. The van der Waals surface area contributed by atoms with E-state index >= 15 is 4.39 Å². The number of fused-ring (bicyclic) bond motifs is 2. The molecule has 2 saturated carbocycles. The van der Waals surface area contributed by atoms with E-state index in [2.05, 4.69) is 72.8 Å². The lowest BCUT2D eigenvalue weighted by molar-refractivity contribution is -0.384. The highest BCUT2D eigenvalue weighted by atomic mass is 32.2. The SMILES string of the molecule is CC(C)c1ccccc1[C@@H]1CCC[C@@H]1N1CC2(CCN(c3ccc(C(=O)NS(=O)(=O)c4cc5c(c([N+](=O)[O-])c4)N[C@@H](C4CCC(C)(O)CC4)CO5)c(Oc4cc5c(F)c[nH]c5nc4OCCN4CCOCC4)c3)CC2)C1. The highest BCUT2D eigenvalue weighted by molar-refractivity contribution is 7.90. The quantitative estimate of drug-likeness (QED) is 0.0570. The van der Waals surface area contributed by atoms with E-state index in [9.17, 15) is 28.4 Å². The van der Waals surface area contributed by atoms with E-state index in [1.807, 2.05) is 0 Å². The molecule has 6 aliphatic rings. The summed E-state index contributed by atoms with van der Waals surface area (Å²) in [6.45, 7) is 13.5. The molecule has 406 valence electrons. The Morgan fingerprint density at radius 3 is 2.51 bits per heavy atom. The number of hydrogen-bond acceptors (Lipinski definition) is 15. The number of pyridine rings is 1. The number of piperidine rings is 1. The first-order valence-corrected chi connectivity index (χ1v) is 28.5. The number of carbonyl (C=O) groups is 1. The van der Waals surface area contributed by atoms with Gasteiger partial charge in [-0.15, -0.1) is 0 Å². The Morgan fingerprint density at radius 2 is 1.76 bits per heavy atom. The standard InChI is InChI=1S/C56H69FN8O10S/c1-35(2)39-7-4-5-8-40(39)41-9-6-10-46(41)64-33-56(34-64)17-19-63(20-18-56)37-11-12-42(48(27-37)75-50-30-43-44(57)31-58-52(43)60-54(50)73-26-23-62-21-24-72-25-22-62)53(66)61-76(70,71)38-28-47(65(68)69)51-49(29-38)74-32-45(59-51)36-13-15-55(3,67)16-14-36/h4-5,7-8,11-12,27-31,35-36,41,45-46,59,67H,6,9-10,13-26,32-34H2,1-3H3,(H,58,60)(H,61,66)/t36?,41-,45+,46-,55?/m0/s1. The number of carbonyl (C=O) groups excluding carboxylic acids is 1. The van der Waals surface area contributed by atoms with Crippen molar-refractivity contribution in [2.75, 3.05) is 82.5 Å². The van der Waals surface area contributed by atoms with Gasteiger partial charge in [0.15, 0.2) is 17.2 Å². The molecule has 4 N–H and O–H groups in total. The highest BCUT2D eigenvalue weighted by Gasteiger charge is 2.50. The number of aliphatic hydroxyl groups is 1. The van der Waals surface area contributed by atoms with E-state index in [1.54, 1.807) is 19.1 Å². The number of morpholine rings is 1. The number of benzene rings is 3. The third-order valence-electron chi connectivity index (χ3n) is 17.2. The van der Waals surface area contributed by atoms with Gasteiger partial charge in [0, 0.05) is 88.0 Å². The van der Waals surface area contributed by atoms with Crippen LogP contribution >= 0.6 is 0 Å². The number of amides is 1. The molecular weight excluding hydrogens is 996 g/mol. The summed E-state index contributed by atoms with van der Waals surface area (Å²) in [4.78, 5) is 40.3. The number of nitro benzene ring substituents is 1. The molecule has 6 heterocycles. The smallest absolute Gasteiger partial charge is 0.297 e. The van der Waals surface area contributed by atoms with Crippen LogP contribution < -0.4 is 29.1 Å². The average Bonchev–Trinajstić information content (AvgIpc) is 4.07. The van der Waals surface area contributed by atoms with Crippen LogP contribution in [0.1, 0.15) is 112 Å².